The molecular formula is C26H20Cl3N3O2. The molecule has 34 heavy (non-hydrogen) atoms. The molecule has 0 fully saturated rings. The van der Waals surface area contributed by atoms with Gasteiger partial charge in [0.2, 0.25) is 10.0 Å². The average Bonchev–Trinajstić information content (AvgIpc) is 2.84. The monoisotopic (exact) mass is 511 g/mol. The number of ether oxygens (including phenoxy) is 1. The minimum atomic E-state index is -1.90. The van der Waals surface area contributed by atoms with Gasteiger partial charge in [-0.2, -0.15) is 5.10 Å². The zero-order valence-electron chi connectivity index (χ0n) is 17.8. The maximum atomic E-state index is 13.0. The summed E-state index contributed by atoms with van der Waals surface area (Å²) in [6.45, 7) is 0. The third-order valence-corrected chi connectivity index (χ3v) is 5.50. The number of amides is 1. The molecule has 0 aliphatic carbocycles. The molecular weight excluding hydrogens is 493 g/mol. The van der Waals surface area contributed by atoms with E-state index in [1.54, 1.807) is 42.6 Å². The van der Waals surface area contributed by atoms with Crippen LogP contribution in [0.5, 0.6) is 5.75 Å². The first-order valence-corrected chi connectivity index (χ1v) is 11.5. The number of nitrogens with zero attached hydrogens (tertiary/aromatic N) is 1. The molecule has 0 saturated heterocycles. The minimum absolute atomic E-state index is 0.413. The molecule has 4 aromatic rings. The van der Waals surface area contributed by atoms with Crippen LogP contribution in [-0.2, 0) is 0 Å². The number of hydrogen-bond acceptors (Lipinski definition) is 4. The zero-order valence-corrected chi connectivity index (χ0v) is 20.1. The van der Waals surface area contributed by atoms with Crippen LogP contribution in [0.2, 0.25) is 0 Å². The Labute approximate surface area is 212 Å². The molecule has 0 aliphatic rings. The van der Waals surface area contributed by atoms with E-state index in [9.17, 15) is 4.79 Å². The Bertz CT molecular complexity index is 1280. The molecule has 1 amide bonds. The molecule has 0 aliphatic heterocycles. The molecule has 172 valence electrons. The first kappa shape index (κ1) is 23.9. The fourth-order valence-corrected chi connectivity index (χ4v) is 3.56. The maximum absolute atomic E-state index is 13.0. The van der Waals surface area contributed by atoms with Gasteiger partial charge in [0.05, 0.1) is 11.9 Å². The van der Waals surface area contributed by atoms with Gasteiger partial charge in [-0.05, 0) is 58.8 Å². The fourth-order valence-electron chi connectivity index (χ4n) is 3.26. The molecule has 0 spiro atoms. The van der Waals surface area contributed by atoms with Crippen LogP contribution in [0.25, 0.3) is 10.8 Å². The van der Waals surface area contributed by atoms with E-state index in [0.29, 0.717) is 11.3 Å². The highest BCUT2D eigenvalue weighted by Crippen LogP contribution is 2.32. The molecule has 1 atom stereocenters. The van der Waals surface area contributed by atoms with Crippen molar-refractivity contribution >= 4 is 63.4 Å². The Kier molecular flexibility index (Phi) is 7.58. The average molecular weight is 513 g/mol. The summed E-state index contributed by atoms with van der Waals surface area (Å²) in [4.78, 5) is 13.0. The maximum Gasteiger partial charge on any atom is 0.254 e. The molecule has 0 heterocycles. The van der Waals surface area contributed by atoms with E-state index in [1.807, 2.05) is 60.7 Å². The van der Waals surface area contributed by atoms with Gasteiger partial charge in [-0.15, -0.1) is 0 Å². The normalized spacial score (nSPS) is 12.4. The topological polar surface area (TPSA) is 62.7 Å². The number of halogens is 3. The number of carbonyl (C=O) groups excluding carboxylic acids is 1. The van der Waals surface area contributed by atoms with Crippen LogP contribution in [0.4, 0.5) is 5.69 Å². The smallest absolute Gasteiger partial charge is 0.254 e. The summed E-state index contributed by atoms with van der Waals surface area (Å²) < 4.78 is 3.92. The highest BCUT2D eigenvalue weighted by atomic mass is 35.6. The Morgan fingerprint density at radius 1 is 0.853 bits per heavy atom. The van der Waals surface area contributed by atoms with Crippen LogP contribution >= 0.6 is 34.8 Å². The van der Waals surface area contributed by atoms with E-state index in [-0.39, 0.29) is 0 Å². The number of rotatable bonds is 7. The zero-order chi connectivity index (χ0) is 24.0. The molecule has 0 aromatic heterocycles. The largest absolute Gasteiger partial charge is 0.466 e. The standard InChI is InChI=1S/C26H20Cl3N3O2/c27-26(28,29)25(31-24(33)23-12-6-8-19-7-4-5-11-22(19)23)34-21-15-13-18(14-16-21)17-30-32-20-9-2-1-3-10-20/h1-17,25,32H,(H,31,33). The number of para-hydroxylation sites is 1. The highest BCUT2D eigenvalue weighted by Gasteiger charge is 2.36. The third-order valence-electron chi connectivity index (χ3n) is 4.91. The summed E-state index contributed by atoms with van der Waals surface area (Å²) in [5.74, 6) is 0.00609. The lowest BCUT2D eigenvalue weighted by Gasteiger charge is -2.26. The van der Waals surface area contributed by atoms with Crippen LogP contribution < -0.4 is 15.5 Å². The van der Waals surface area contributed by atoms with Crippen molar-refractivity contribution in [2.24, 2.45) is 5.10 Å². The summed E-state index contributed by atoms with van der Waals surface area (Å²) in [7, 11) is 0. The van der Waals surface area contributed by atoms with E-state index in [1.165, 1.54) is 0 Å². The number of hydrazone groups is 1. The lowest BCUT2D eigenvalue weighted by molar-refractivity contribution is 0.0835. The van der Waals surface area contributed by atoms with Crippen molar-refractivity contribution in [2.45, 2.75) is 10.0 Å². The predicted molar refractivity (Wildman–Crippen MR) is 140 cm³/mol. The number of benzene rings is 4. The Hall–Kier alpha value is -3.25. The Morgan fingerprint density at radius 3 is 2.26 bits per heavy atom. The van der Waals surface area contributed by atoms with Gasteiger partial charge < -0.3 is 10.1 Å². The number of anilines is 1. The molecule has 8 heteroatoms. The van der Waals surface area contributed by atoms with Crippen LogP contribution in [-0.4, -0.2) is 22.1 Å². The van der Waals surface area contributed by atoms with Crippen LogP contribution in [0.3, 0.4) is 0 Å². The van der Waals surface area contributed by atoms with Crippen molar-refractivity contribution in [1.29, 1.82) is 0 Å². The van der Waals surface area contributed by atoms with E-state index in [4.69, 9.17) is 39.5 Å². The van der Waals surface area contributed by atoms with Crippen LogP contribution in [0.15, 0.2) is 102 Å². The van der Waals surface area contributed by atoms with E-state index in [0.717, 1.165) is 22.0 Å². The molecule has 0 bridgehead atoms. The first-order chi connectivity index (χ1) is 16.4. The lowest BCUT2D eigenvalue weighted by Crippen LogP contribution is -2.47. The summed E-state index contributed by atoms with van der Waals surface area (Å²) in [5, 5.41) is 8.61. The predicted octanol–water partition coefficient (Wildman–Crippen LogP) is 6.79. The van der Waals surface area contributed by atoms with Crippen molar-refractivity contribution < 1.29 is 9.53 Å². The number of alkyl halides is 3. The summed E-state index contributed by atoms with van der Waals surface area (Å²) in [6, 6.07) is 29.6. The lowest BCUT2D eigenvalue weighted by atomic mass is 10.0. The van der Waals surface area contributed by atoms with Gasteiger partial charge >= 0.3 is 0 Å². The second kappa shape index (κ2) is 10.8. The second-order valence-electron chi connectivity index (χ2n) is 7.34. The summed E-state index contributed by atoms with van der Waals surface area (Å²) >= 11 is 18.4. The van der Waals surface area contributed by atoms with Crippen molar-refractivity contribution in [3.8, 4) is 5.75 Å². The van der Waals surface area contributed by atoms with E-state index in [2.05, 4.69) is 15.8 Å². The molecule has 1 unspecified atom stereocenters. The summed E-state index contributed by atoms with van der Waals surface area (Å²) in [6.07, 6.45) is 0.453. The Morgan fingerprint density at radius 2 is 1.53 bits per heavy atom. The van der Waals surface area contributed by atoms with Gasteiger partial charge in [-0.3, -0.25) is 10.2 Å². The fraction of sp³-hybridized carbons (Fsp3) is 0.0769. The minimum Gasteiger partial charge on any atom is -0.466 e. The van der Waals surface area contributed by atoms with Gasteiger partial charge in [-0.25, -0.2) is 0 Å². The number of carbonyl (C=O) groups is 1. The quantitative estimate of drug-likeness (QED) is 0.124. The van der Waals surface area contributed by atoms with Crippen molar-refractivity contribution in [2.75, 3.05) is 5.43 Å². The number of fused-ring (bicyclic) bond motifs is 1. The number of nitrogens with one attached hydrogen (secondary N) is 2. The number of hydrogen-bond donors (Lipinski definition) is 2. The van der Waals surface area contributed by atoms with Gasteiger partial charge in [0.25, 0.3) is 5.91 Å². The molecule has 2 N–H and O–H groups in total. The van der Waals surface area contributed by atoms with E-state index >= 15 is 0 Å². The van der Waals surface area contributed by atoms with E-state index < -0.39 is 15.9 Å². The van der Waals surface area contributed by atoms with Gasteiger partial charge in [0, 0.05) is 5.56 Å². The second-order valence-corrected chi connectivity index (χ2v) is 9.71. The van der Waals surface area contributed by atoms with Crippen LogP contribution in [0.1, 0.15) is 15.9 Å². The van der Waals surface area contributed by atoms with Crippen molar-refractivity contribution in [3.05, 3.63) is 108 Å². The molecule has 4 aromatic carbocycles. The van der Waals surface area contributed by atoms with Crippen molar-refractivity contribution in [1.82, 2.24) is 5.32 Å². The van der Waals surface area contributed by atoms with Gasteiger partial charge in [-0.1, -0.05) is 89.4 Å². The third kappa shape index (κ3) is 6.20. The van der Waals surface area contributed by atoms with Gasteiger partial charge in [0.1, 0.15) is 5.75 Å². The molecule has 5 nitrogen and oxygen atoms in total. The summed E-state index contributed by atoms with van der Waals surface area (Å²) in [5.41, 5.74) is 5.12. The highest BCUT2D eigenvalue weighted by molar-refractivity contribution is 6.68. The Balaban J connectivity index is 1.44. The van der Waals surface area contributed by atoms with Gasteiger partial charge in [0.15, 0.2) is 0 Å². The van der Waals surface area contributed by atoms with Crippen LogP contribution in [0, 0.1) is 0 Å². The SMILES string of the molecule is O=C(NC(Oc1ccc(C=NNc2ccccc2)cc1)C(Cl)(Cl)Cl)c1cccc2ccccc12. The first-order valence-electron chi connectivity index (χ1n) is 10.4. The molecule has 0 saturated carbocycles. The molecule has 0 radical (unpaired) electrons. The molecule has 4 rings (SSSR count). The van der Waals surface area contributed by atoms with Crippen molar-refractivity contribution in [3.63, 3.8) is 0 Å².